The second-order valence-electron chi connectivity index (χ2n) is 10.5. The maximum atomic E-state index is 15.2. The summed E-state index contributed by atoms with van der Waals surface area (Å²) in [7, 11) is 3.04. The van der Waals surface area contributed by atoms with E-state index < -0.39 is 17.7 Å². The Morgan fingerprint density at radius 2 is 2.05 bits per heavy atom. The number of nitrogens with zero attached hydrogens (tertiary/aromatic N) is 3. The number of hydrogen-bond donors (Lipinski definition) is 2. The summed E-state index contributed by atoms with van der Waals surface area (Å²) in [5, 5.41) is 11.2. The van der Waals surface area contributed by atoms with E-state index in [1.54, 1.807) is 25.2 Å². The van der Waals surface area contributed by atoms with Crippen LogP contribution in [0.3, 0.4) is 0 Å². The van der Waals surface area contributed by atoms with Crippen LogP contribution in [-0.2, 0) is 16.6 Å². The Kier molecular flexibility index (Phi) is 10.2. The molecule has 1 saturated heterocycles. The van der Waals surface area contributed by atoms with Crippen LogP contribution in [0.25, 0.3) is 0 Å². The van der Waals surface area contributed by atoms with Gasteiger partial charge in [-0.25, -0.2) is 9.07 Å². The molecular formula is C30H37ClFN5O4. The van der Waals surface area contributed by atoms with Crippen LogP contribution >= 0.6 is 11.6 Å². The molecule has 9 nitrogen and oxygen atoms in total. The van der Waals surface area contributed by atoms with Crippen molar-refractivity contribution in [2.75, 3.05) is 31.6 Å². The predicted molar refractivity (Wildman–Crippen MR) is 157 cm³/mol. The Labute approximate surface area is 244 Å². The molecule has 2 N–H and O–H groups in total. The van der Waals surface area contributed by atoms with Crippen LogP contribution in [0.1, 0.15) is 44.1 Å². The maximum Gasteiger partial charge on any atom is 0.266 e. The monoisotopic (exact) mass is 585 g/mol. The molecule has 1 aromatic heterocycles. The van der Waals surface area contributed by atoms with Gasteiger partial charge in [0.15, 0.2) is 0 Å². The van der Waals surface area contributed by atoms with Crippen LogP contribution in [-0.4, -0.2) is 54.4 Å². The van der Waals surface area contributed by atoms with Gasteiger partial charge in [-0.2, -0.15) is 5.10 Å². The molecule has 2 heterocycles. The highest BCUT2D eigenvalue weighted by Crippen LogP contribution is 2.37. The molecule has 4 rings (SSSR count). The van der Waals surface area contributed by atoms with E-state index in [1.807, 2.05) is 30.1 Å². The van der Waals surface area contributed by atoms with Crippen LogP contribution in [0.5, 0.6) is 5.75 Å². The van der Waals surface area contributed by atoms with Gasteiger partial charge in [0.25, 0.3) is 5.56 Å². The third kappa shape index (κ3) is 7.55. The van der Waals surface area contributed by atoms with Gasteiger partial charge in [0.2, 0.25) is 11.8 Å². The van der Waals surface area contributed by atoms with Gasteiger partial charge in [0.1, 0.15) is 17.4 Å². The van der Waals surface area contributed by atoms with Crippen molar-refractivity contribution < 1.29 is 18.7 Å². The summed E-state index contributed by atoms with van der Waals surface area (Å²) in [6.07, 6.45) is 8.30. The topological polar surface area (TPSA) is 106 Å². The van der Waals surface area contributed by atoms with Gasteiger partial charge < -0.3 is 20.3 Å². The quantitative estimate of drug-likeness (QED) is 0.390. The van der Waals surface area contributed by atoms with Crippen LogP contribution in [0.2, 0.25) is 0 Å². The Balaban J connectivity index is 1.44. The van der Waals surface area contributed by atoms with Crippen molar-refractivity contribution in [1.82, 2.24) is 20.4 Å². The lowest BCUT2D eigenvalue weighted by atomic mass is 9.87. The van der Waals surface area contributed by atoms with Gasteiger partial charge in [-0.05, 0) is 43.0 Å². The number of nitrogens with one attached hydrogen (secondary N) is 2. The van der Waals surface area contributed by atoms with Gasteiger partial charge >= 0.3 is 0 Å². The number of allylic oxidation sites excluding steroid dienone is 3. The second kappa shape index (κ2) is 13.8. The zero-order valence-electron chi connectivity index (χ0n) is 23.6. The van der Waals surface area contributed by atoms with Gasteiger partial charge in [-0.15, -0.1) is 0 Å². The number of methoxy groups -OCH3 is 1. The van der Waals surface area contributed by atoms with Crippen molar-refractivity contribution in [3.63, 3.8) is 0 Å². The maximum absolute atomic E-state index is 15.2. The van der Waals surface area contributed by atoms with Crippen molar-refractivity contribution in [3.05, 3.63) is 75.3 Å². The molecule has 2 aliphatic rings. The standard InChI is InChI=1S/C30H37ClFN5O4/c1-4-28(38)34-26(19-7-9-20(31)10-8-19)6-5-15-33-30(40)24-18-37(27-13-14-29(39)36(2)35-27)17-23(24)22-12-11-21(41-3)16-25(22)32/h7,9-14,16,19,23-24,26H,4-6,8,15,17-18H2,1-3H3,(H,33,40)(H,34,38)/t19?,23-,24+,26-/m0/s1. The smallest absolute Gasteiger partial charge is 0.266 e. The van der Waals surface area contributed by atoms with E-state index in [9.17, 15) is 14.4 Å². The molecule has 0 bridgehead atoms. The highest BCUT2D eigenvalue weighted by Gasteiger charge is 2.40. The first kappa shape index (κ1) is 30.3. The number of benzene rings is 1. The molecule has 1 aliphatic carbocycles. The number of carbonyl (C=O) groups excluding carboxylic acids is 2. The molecule has 2 aromatic rings. The second-order valence-corrected chi connectivity index (χ2v) is 10.9. The Bertz CT molecular complexity index is 1380. The minimum absolute atomic E-state index is 0.0180. The first-order chi connectivity index (χ1) is 19.7. The van der Waals surface area contributed by atoms with E-state index >= 15 is 4.39 Å². The molecule has 0 spiro atoms. The molecule has 2 amide bonds. The van der Waals surface area contributed by atoms with E-state index in [0.717, 1.165) is 6.42 Å². The summed E-state index contributed by atoms with van der Waals surface area (Å²) in [4.78, 5) is 39.4. The number of aryl methyl sites for hydroxylation is 1. The number of rotatable bonds is 11. The summed E-state index contributed by atoms with van der Waals surface area (Å²) < 4.78 is 21.6. The lowest BCUT2D eigenvalue weighted by Gasteiger charge is -2.27. The first-order valence-corrected chi connectivity index (χ1v) is 14.3. The molecule has 1 aliphatic heterocycles. The molecule has 1 unspecified atom stereocenters. The summed E-state index contributed by atoms with van der Waals surface area (Å²) >= 11 is 6.08. The first-order valence-electron chi connectivity index (χ1n) is 13.9. The number of hydrogen-bond acceptors (Lipinski definition) is 6. The number of ether oxygens (including phenoxy) is 1. The van der Waals surface area contributed by atoms with Crippen molar-refractivity contribution >= 4 is 29.2 Å². The fraction of sp³-hybridized carbons (Fsp3) is 0.467. The summed E-state index contributed by atoms with van der Waals surface area (Å²) in [6, 6.07) is 7.65. The fourth-order valence-electron chi connectivity index (χ4n) is 5.44. The minimum Gasteiger partial charge on any atom is -0.497 e. The number of aromatic nitrogens is 2. The van der Waals surface area contributed by atoms with Gasteiger partial charge in [0, 0.05) is 68.1 Å². The van der Waals surface area contributed by atoms with Crippen LogP contribution in [0.4, 0.5) is 10.2 Å². The highest BCUT2D eigenvalue weighted by molar-refractivity contribution is 6.31. The Morgan fingerprint density at radius 3 is 2.71 bits per heavy atom. The zero-order chi connectivity index (χ0) is 29.5. The van der Waals surface area contributed by atoms with Crippen molar-refractivity contribution in [2.45, 2.75) is 44.6 Å². The van der Waals surface area contributed by atoms with Crippen LogP contribution < -0.4 is 25.8 Å². The van der Waals surface area contributed by atoms with E-state index in [4.69, 9.17) is 16.3 Å². The molecule has 220 valence electrons. The largest absolute Gasteiger partial charge is 0.497 e. The third-order valence-electron chi connectivity index (χ3n) is 7.80. The molecule has 4 atom stereocenters. The summed E-state index contributed by atoms with van der Waals surface area (Å²) in [5.74, 6) is -0.533. The average Bonchev–Trinajstić information content (AvgIpc) is 3.41. The predicted octanol–water partition coefficient (Wildman–Crippen LogP) is 3.64. The van der Waals surface area contributed by atoms with E-state index in [2.05, 4.69) is 15.7 Å². The van der Waals surface area contributed by atoms with Crippen LogP contribution in [0.15, 0.2) is 58.4 Å². The van der Waals surface area contributed by atoms with Gasteiger partial charge in [-0.3, -0.25) is 14.4 Å². The SMILES string of the molecule is CCC(=O)N[C@@H](CCCNC(=O)[C@@H]1CN(c2ccc(=O)n(C)n2)C[C@H]1c1ccc(OC)cc1F)C1C=CC(Cl)=CC1. The molecule has 41 heavy (non-hydrogen) atoms. The average molecular weight is 586 g/mol. The number of carbonyl (C=O) groups is 2. The Morgan fingerprint density at radius 1 is 1.24 bits per heavy atom. The van der Waals surface area contributed by atoms with E-state index in [-0.39, 0.29) is 29.3 Å². The third-order valence-corrected chi connectivity index (χ3v) is 8.08. The lowest BCUT2D eigenvalue weighted by Crippen LogP contribution is -2.41. The van der Waals surface area contributed by atoms with Crippen LogP contribution in [0, 0.1) is 17.7 Å². The molecule has 1 aromatic carbocycles. The van der Waals surface area contributed by atoms with Crippen molar-refractivity contribution in [2.24, 2.45) is 18.9 Å². The highest BCUT2D eigenvalue weighted by atomic mass is 35.5. The summed E-state index contributed by atoms with van der Waals surface area (Å²) in [6.45, 7) is 2.92. The molecule has 0 radical (unpaired) electrons. The molecule has 11 heteroatoms. The molecular weight excluding hydrogens is 549 g/mol. The number of anilines is 1. The van der Waals surface area contributed by atoms with Crippen molar-refractivity contribution in [1.29, 1.82) is 0 Å². The normalized spacial score (nSPS) is 20.9. The van der Waals surface area contributed by atoms with Gasteiger partial charge in [-0.1, -0.05) is 36.7 Å². The fourth-order valence-corrected chi connectivity index (χ4v) is 5.60. The summed E-state index contributed by atoms with van der Waals surface area (Å²) in [5.41, 5.74) is 0.188. The molecule has 0 saturated carbocycles. The Hall–Kier alpha value is -3.66. The number of amides is 2. The van der Waals surface area contributed by atoms with E-state index in [1.165, 1.54) is 23.9 Å². The molecule has 1 fully saturated rings. The number of halogens is 2. The lowest BCUT2D eigenvalue weighted by molar-refractivity contribution is -0.125. The van der Waals surface area contributed by atoms with Gasteiger partial charge in [0.05, 0.1) is 13.0 Å². The van der Waals surface area contributed by atoms with Crippen molar-refractivity contribution in [3.8, 4) is 5.75 Å². The minimum atomic E-state index is -0.541. The zero-order valence-corrected chi connectivity index (χ0v) is 24.4. The van der Waals surface area contributed by atoms with E-state index in [0.29, 0.717) is 61.1 Å².